The molecule has 0 aliphatic carbocycles. The van der Waals surface area contributed by atoms with Gasteiger partial charge >= 0.3 is 0 Å². The van der Waals surface area contributed by atoms with Crippen LogP contribution in [0.2, 0.25) is 5.02 Å². The lowest BCUT2D eigenvalue weighted by Crippen LogP contribution is -2.42. The van der Waals surface area contributed by atoms with E-state index in [4.69, 9.17) is 21.1 Å². The molecule has 5 nitrogen and oxygen atoms in total. The summed E-state index contributed by atoms with van der Waals surface area (Å²) in [5.41, 5.74) is 0.546. The van der Waals surface area contributed by atoms with Crippen molar-refractivity contribution < 1.29 is 14.3 Å². The molecule has 0 aromatic heterocycles. The maximum atomic E-state index is 13.1. The third-order valence-electron chi connectivity index (χ3n) is 4.42. The molecule has 6 heteroatoms. The fourth-order valence-electron chi connectivity index (χ4n) is 3.06. The van der Waals surface area contributed by atoms with Crippen LogP contribution in [0.5, 0.6) is 11.5 Å². The summed E-state index contributed by atoms with van der Waals surface area (Å²) in [5.74, 6) is 1.02. The first kappa shape index (κ1) is 19.9. The molecule has 1 aromatic carbocycles. The van der Waals surface area contributed by atoms with Gasteiger partial charge < -0.3 is 19.7 Å². The Kier molecular flexibility index (Phi) is 7.85. The number of amides is 1. The predicted molar refractivity (Wildman–Crippen MR) is 101 cm³/mol. The highest BCUT2D eigenvalue weighted by Crippen LogP contribution is 2.37. The zero-order valence-corrected chi connectivity index (χ0v) is 16.2. The summed E-state index contributed by atoms with van der Waals surface area (Å²) in [4.78, 5) is 15.0. The first-order valence-electron chi connectivity index (χ1n) is 9.14. The van der Waals surface area contributed by atoms with Crippen molar-refractivity contribution in [2.45, 2.75) is 45.6 Å². The van der Waals surface area contributed by atoms with Gasteiger partial charge in [0, 0.05) is 24.7 Å². The molecule has 140 valence electrons. The van der Waals surface area contributed by atoms with Crippen molar-refractivity contribution >= 4 is 17.5 Å². The minimum Gasteiger partial charge on any atom is -0.493 e. The normalized spacial score (nSPS) is 16.7. The first-order valence-corrected chi connectivity index (χ1v) is 9.52. The van der Waals surface area contributed by atoms with E-state index in [1.165, 1.54) is 0 Å². The van der Waals surface area contributed by atoms with Crippen LogP contribution in [0.4, 0.5) is 0 Å². The molecule has 1 saturated heterocycles. The summed E-state index contributed by atoms with van der Waals surface area (Å²) in [5, 5.41) is 3.74. The number of methoxy groups -OCH3 is 1. The van der Waals surface area contributed by atoms with E-state index in [1.54, 1.807) is 19.2 Å². The number of rotatable bonds is 9. The van der Waals surface area contributed by atoms with Gasteiger partial charge in [-0.25, -0.2) is 0 Å². The Morgan fingerprint density at radius 2 is 2.16 bits per heavy atom. The molecule has 1 aliphatic rings. The summed E-state index contributed by atoms with van der Waals surface area (Å²) < 4.78 is 11.2. The number of nitrogens with one attached hydrogen (secondary N) is 1. The Hall–Kier alpha value is -1.46. The zero-order chi connectivity index (χ0) is 18.2. The van der Waals surface area contributed by atoms with Crippen LogP contribution in [0.15, 0.2) is 12.1 Å². The van der Waals surface area contributed by atoms with Crippen LogP contribution in [0.1, 0.15) is 49.9 Å². The summed E-state index contributed by atoms with van der Waals surface area (Å²) in [6.07, 6.45) is 3.89. The number of carbonyl (C=O) groups excluding carboxylic acids is 1. The molecule has 1 fully saturated rings. The second-order valence-corrected chi connectivity index (χ2v) is 6.74. The van der Waals surface area contributed by atoms with Gasteiger partial charge in [-0.2, -0.15) is 0 Å². The topological polar surface area (TPSA) is 50.8 Å². The van der Waals surface area contributed by atoms with E-state index < -0.39 is 0 Å². The molecule has 2 rings (SSSR count). The summed E-state index contributed by atoms with van der Waals surface area (Å²) in [6, 6.07) is 3.66. The summed E-state index contributed by atoms with van der Waals surface area (Å²) in [6.45, 7) is 7.29. The van der Waals surface area contributed by atoms with Gasteiger partial charge in [0.1, 0.15) is 0 Å². The lowest BCUT2D eigenvalue weighted by molar-refractivity contribution is 0.0692. The van der Waals surface area contributed by atoms with Crippen LogP contribution < -0.4 is 14.8 Å². The van der Waals surface area contributed by atoms with Crippen molar-refractivity contribution in [3.05, 3.63) is 22.7 Å². The number of hydrogen-bond acceptors (Lipinski definition) is 4. The van der Waals surface area contributed by atoms with E-state index in [2.05, 4.69) is 19.2 Å². The van der Waals surface area contributed by atoms with Crippen molar-refractivity contribution in [3.8, 4) is 11.5 Å². The van der Waals surface area contributed by atoms with Crippen LogP contribution in [0.3, 0.4) is 0 Å². The van der Waals surface area contributed by atoms with Gasteiger partial charge in [0.15, 0.2) is 11.5 Å². The Morgan fingerprint density at radius 3 is 2.76 bits per heavy atom. The summed E-state index contributed by atoms with van der Waals surface area (Å²) >= 11 is 6.39. The maximum absolute atomic E-state index is 13.1. The maximum Gasteiger partial charge on any atom is 0.254 e. The Morgan fingerprint density at radius 1 is 1.36 bits per heavy atom. The molecule has 1 heterocycles. The standard InChI is InChI=1S/C19H29ClN2O3/c1-4-6-10-25-18-16(20)11-14(12-17(18)24-3)19(23)22(9-5-2)15-7-8-21-13-15/h11-12,15,21H,4-10,13H2,1-3H3. The summed E-state index contributed by atoms with van der Waals surface area (Å²) in [7, 11) is 1.57. The zero-order valence-electron chi connectivity index (χ0n) is 15.4. The van der Waals surface area contributed by atoms with Gasteiger partial charge in [0.2, 0.25) is 0 Å². The molecule has 1 aromatic rings. The van der Waals surface area contributed by atoms with Crippen molar-refractivity contribution in [3.63, 3.8) is 0 Å². The fourth-order valence-corrected chi connectivity index (χ4v) is 3.33. The van der Waals surface area contributed by atoms with Crippen molar-refractivity contribution in [2.75, 3.05) is 33.4 Å². The Bertz CT molecular complexity index is 574. The SMILES string of the molecule is CCCCOc1c(Cl)cc(C(=O)N(CCC)C2CCNC2)cc1OC. The van der Waals surface area contributed by atoms with Crippen LogP contribution in [-0.4, -0.2) is 50.2 Å². The molecule has 1 unspecified atom stereocenters. The lowest BCUT2D eigenvalue weighted by atomic mass is 10.1. The van der Waals surface area contributed by atoms with E-state index in [9.17, 15) is 4.79 Å². The lowest BCUT2D eigenvalue weighted by Gasteiger charge is -2.28. The Labute approximate surface area is 155 Å². The second kappa shape index (κ2) is 9.88. The predicted octanol–water partition coefficient (Wildman–Crippen LogP) is 3.74. The quantitative estimate of drug-likeness (QED) is 0.674. The number of benzene rings is 1. The van der Waals surface area contributed by atoms with Gasteiger partial charge in [-0.05, 0) is 37.9 Å². The van der Waals surface area contributed by atoms with Gasteiger partial charge in [-0.1, -0.05) is 31.9 Å². The molecule has 0 bridgehead atoms. The van der Waals surface area contributed by atoms with Crippen molar-refractivity contribution in [1.29, 1.82) is 0 Å². The van der Waals surface area contributed by atoms with Gasteiger partial charge in [0.05, 0.1) is 18.7 Å². The highest BCUT2D eigenvalue weighted by molar-refractivity contribution is 6.32. The highest BCUT2D eigenvalue weighted by Gasteiger charge is 2.28. The number of halogens is 1. The van der Waals surface area contributed by atoms with Gasteiger partial charge in [-0.15, -0.1) is 0 Å². The van der Waals surface area contributed by atoms with Crippen LogP contribution in [-0.2, 0) is 0 Å². The van der Waals surface area contributed by atoms with E-state index in [-0.39, 0.29) is 11.9 Å². The molecule has 1 amide bonds. The minimum atomic E-state index is -0.00384. The van der Waals surface area contributed by atoms with E-state index in [1.807, 2.05) is 4.90 Å². The van der Waals surface area contributed by atoms with Gasteiger partial charge in [-0.3, -0.25) is 4.79 Å². The third kappa shape index (κ3) is 5.02. The van der Waals surface area contributed by atoms with Crippen LogP contribution in [0.25, 0.3) is 0 Å². The first-order chi connectivity index (χ1) is 12.1. The third-order valence-corrected chi connectivity index (χ3v) is 4.70. The largest absolute Gasteiger partial charge is 0.493 e. The van der Waals surface area contributed by atoms with Crippen molar-refractivity contribution in [1.82, 2.24) is 10.2 Å². The molecular weight excluding hydrogens is 340 g/mol. The van der Waals surface area contributed by atoms with E-state index in [0.717, 1.165) is 45.3 Å². The molecule has 0 saturated carbocycles. The number of unbranched alkanes of at least 4 members (excludes halogenated alkanes) is 1. The average molecular weight is 369 g/mol. The average Bonchev–Trinajstić information content (AvgIpc) is 3.14. The van der Waals surface area contributed by atoms with Crippen LogP contribution >= 0.6 is 11.6 Å². The molecule has 0 spiro atoms. The Balaban J connectivity index is 2.24. The highest BCUT2D eigenvalue weighted by atomic mass is 35.5. The van der Waals surface area contributed by atoms with E-state index in [0.29, 0.717) is 28.7 Å². The van der Waals surface area contributed by atoms with Gasteiger partial charge in [0.25, 0.3) is 5.91 Å². The second-order valence-electron chi connectivity index (χ2n) is 6.34. The molecule has 25 heavy (non-hydrogen) atoms. The number of carbonyl (C=O) groups is 1. The van der Waals surface area contributed by atoms with E-state index >= 15 is 0 Å². The molecule has 0 radical (unpaired) electrons. The molecule has 1 atom stereocenters. The number of nitrogens with zero attached hydrogens (tertiary/aromatic N) is 1. The minimum absolute atomic E-state index is 0.00384. The molecule has 1 N–H and O–H groups in total. The monoisotopic (exact) mass is 368 g/mol. The smallest absolute Gasteiger partial charge is 0.254 e. The molecule has 1 aliphatic heterocycles. The number of ether oxygens (including phenoxy) is 2. The number of hydrogen-bond donors (Lipinski definition) is 1. The van der Waals surface area contributed by atoms with Crippen molar-refractivity contribution in [2.24, 2.45) is 0 Å². The molecular formula is C19H29ClN2O3. The van der Waals surface area contributed by atoms with Crippen LogP contribution in [0, 0.1) is 0 Å². The fraction of sp³-hybridized carbons (Fsp3) is 0.632.